The highest BCUT2D eigenvalue weighted by Gasteiger charge is 2.26. The lowest BCUT2D eigenvalue weighted by atomic mass is 10.1. The van der Waals surface area contributed by atoms with Crippen LogP contribution in [0.5, 0.6) is 5.75 Å². The second-order valence-corrected chi connectivity index (χ2v) is 8.56. The molecule has 4 heterocycles. The number of nitrogens with zero attached hydrogens (tertiary/aromatic N) is 4. The molecule has 0 atom stereocenters. The van der Waals surface area contributed by atoms with Gasteiger partial charge in [-0.05, 0) is 29.8 Å². The van der Waals surface area contributed by atoms with Gasteiger partial charge in [-0.25, -0.2) is 14.5 Å². The van der Waals surface area contributed by atoms with Crippen LogP contribution in [0.2, 0.25) is 0 Å². The zero-order valence-corrected chi connectivity index (χ0v) is 20.0. The number of carbonyl (C=O) groups is 3. The average Bonchev–Trinajstić information content (AvgIpc) is 3.38. The van der Waals surface area contributed by atoms with E-state index in [-0.39, 0.29) is 48.3 Å². The molecule has 3 amide bonds. The van der Waals surface area contributed by atoms with Gasteiger partial charge in [-0.3, -0.25) is 14.4 Å². The first-order chi connectivity index (χ1) is 18.2. The van der Waals surface area contributed by atoms with Crippen LogP contribution in [0.4, 0.5) is 14.5 Å². The molecule has 0 aliphatic carbocycles. The van der Waals surface area contributed by atoms with Gasteiger partial charge < -0.3 is 20.7 Å². The van der Waals surface area contributed by atoms with Crippen LogP contribution in [0.3, 0.4) is 0 Å². The highest BCUT2D eigenvalue weighted by atomic mass is 19.3. The molecule has 1 aliphatic heterocycles. The van der Waals surface area contributed by atoms with Crippen LogP contribution in [-0.2, 0) is 23.8 Å². The van der Waals surface area contributed by atoms with E-state index in [2.05, 4.69) is 31.0 Å². The van der Waals surface area contributed by atoms with E-state index in [1.807, 2.05) is 0 Å². The molecule has 194 valence electrons. The first kappa shape index (κ1) is 24.7. The molecule has 0 radical (unpaired) electrons. The van der Waals surface area contributed by atoms with E-state index in [0.717, 1.165) is 6.92 Å². The molecule has 0 unspecified atom stereocenters. The third kappa shape index (κ3) is 5.26. The fourth-order valence-electron chi connectivity index (χ4n) is 3.79. The van der Waals surface area contributed by atoms with Crippen molar-refractivity contribution in [3.8, 4) is 5.75 Å². The molecule has 0 fully saturated rings. The Hall–Kier alpha value is -4.94. The lowest BCUT2D eigenvalue weighted by Crippen LogP contribution is -2.29. The third-order valence-electron chi connectivity index (χ3n) is 5.64. The Balaban J connectivity index is 1.30. The number of amides is 3. The molecule has 1 aliphatic rings. The van der Waals surface area contributed by atoms with E-state index < -0.39 is 23.4 Å². The first-order valence-corrected chi connectivity index (χ1v) is 11.5. The van der Waals surface area contributed by atoms with Gasteiger partial charge in [0.15, 0.2) is 12.3 Å². The zero-order chi connectivity index (χ0) is 26.9. The second-order valence-electron chi connectivity index (χ2n) is 8.56. The molecule has 0 bridgehead atoms. The first-order valence-electron chi connectivity index (χ1n) is 11.5. The lowest BCUT2D eigenvalue weighted by molar-refractivity contribution is -0.118. The maximum absolute atomic E-state index is 13.6. The van der Waals surface area contributed by atoms with Crippen LogP contribution < -0.4 is 20.7 Å². The van der Waals surface area contributed by atoms with Gasteiger partial charge in [-0.15, -0.1) is 0 Å². The monoisotopic (exact) mass is 521 g/mol. The number of pyridine rings is 1. The Morgan fingerprint density at radius 3 is 2.71 bits per heavy atom. The fourth-order valence-corrected chi connectivity index (χ4v) is 3.79. The number of halogens is 2. The predicted octanol–water partition coefficient (Wildman–Crippen LogP) is 2.43. The van der Waals surface area contributed by atoms with Gasteiger partial charge in [0.05, 0.1) is 24.1 Å². The molecule has 0 saturated heterocycles. The number of anilines is 1. The van der Waals surface area contributed by atoms with Crippen molar-refractivity contribution in [2.45, 2.75) is 25.9 Å². The van der Waals surface area contributed by atoms with Crippen LogP contribution in [0.1, 0.15) is 44.9 Å². The van der Waals surface area contributed by atoms with E-state index in [4.69, 9.17) is 4.74 Å². The number of ether oxygens (including phenoxy) is 1. The summed E-state index contributed by atoms with van der Waals surface area (Å²) < 4.78 is 33.8. The van der Waals surface area contributed by atoms with E-state index >= 15 is 0 Å². The molecule has 1 aromatic carbocycles. The highest BCUT2D eigenvalue weighted by Crippen LogP contribution is 2.28. The van der Waals surface area contributed by atoms with Crippen molar-refractivity contribution in [3.05, 3.63) is 83.1 Å². The highest BCUT2D eigenvalue weighted by molar-refractivity contribution is 5.98. The van der Waals surface area contributed by atoms with E-state index in [0.29, 0.717) is 17.0 Å². The van der Waals surface area contributed by atoms with Crippen LogP contribution in [-0.4, -0.2) is 43.9 Å². The van der Waals surface area contributed by atoms with Crippen molar-refractivity contribution in [1.29, 1.82) is 0 Å². The minimum atomic E-state index is -3.12. The number of hydrogen-bond donors (Lipinski definition) is 3. The van der Waals surface area contributed by atoms with Crippen molar-refractivity contribution in [1.82, 2.24) is 30.2 Å². The van der Waals surface area contributed by atoms with E-state index in [1.54, 1.807) is 18.2 Å². The van der Waals surface area contributed by atoms with Gasteiger partial charge in [0.25, 0.3) is 23.6 Å². The fraction of sp³-hybridized carbons (Fsp3) is 0.200. The Morgan fingerprint density at radius 2 is 1.89 bits per heavy atom. The molecule has 38 heavy (non-hydrogen) atoms. The number of hydrogen-bond acceptors (Lipinski definition) is 7. The zero-order valence-electron chi connectivity index (χ0n) is 20.0. The van der Waals surface area contributed by atoms with Gasteiger partial charge in [-0.1, -0.05) is 12.1 Å². The molecule has 11 nitrogen and oxygen atoms in total. The number of nitrogens with one attached hydrogen (secondary N) is 3. The Kier molecular flexibility index (Phi) is 6.41. The van der Waals surface area contributed by atoms with E-state index in [1.165, 1.54) is 41.0 Å². The number of carbonyl (C=O) groups excluding carboxylic acids is 3. The maximum atomic E-state index is 13.6. The standard InChI is InChI=1S/C25H21F2N7O4/c1-25(26,27)20-4-2-3-15(31-20)12-29-24(37)18-10-17(32-21-7-8-30-34(18)21)23(36)28-11-14-5-6-19-16(9-14)33-22(35)13-38-19/h2-10H,11-13H2,1H3,(H,28,36)(H,29,37)(H,33,35). The number of fused-ring (bicyclic) bond motifs is 2. The molecular weight excluding hydrogens is 500 g/mol. The second kappa shape index (κ2) is 9.84. The van der Waals surface area contributed by atoms with E-state index in [9.17, 15) is 23.2 Å². The van der Waals surface area contributed by atoms with Gasteiger partial charge in [0.1, 0.15) is 22.8 Å². The number of alkyl halides is 2. The summed E-state index contributed by atoms with van der Waals surface area (Å²) >= 11 is 0. The Bertz CT molecular complexity index is 1570. The summed E-state index contributed by atoms with van der Waals surface area (Å²) in [5.41, 5.74) is 1.32. The molecule has 3 N–H and O–H groups in total. The molecule has 0 saturated carbocycles. The topological polar surface area (TPSA) is 140 Å². The maximum Gasteiger partial charge on any atom is 0.286 e. The summed E-state index contributed by atoms with van der Waals surface area (Å²) in [6.45, 7) is 0.695. The molecule has 0 spiro atoms. The van der Waals surface area contributed by atoms with Crippen LogP contribution >= 0.6 is 0 Å². The summed E-state index contributed by atoms with van der Waals surface area (Å²) in [6, 6.07) is 12.1. The number of benzene rings is 1. The Labute approximate surface area is 214 Å². The molecule has 13 heteroatoms. The van der Waals surface area contributed by atoms with Crippen LogP contribution in [0, 0.1) is 0 Å². The van der Waals surface area contributed by atoms with Crippen LogP contribution in [0.15, 0.2) is 54.7 Å². The van der Waals surface area contributed by atoms with Crippen molar-refractivity contribution >= 4 is 29.1 Å². The van der Waals surface area contributed by atoms with Crippen LogP contribution in [0.25, 0.3) is 5.65 Å². The average molecular weight is 521 g/mol. The minimum Gasteiger partial charge on any atom is -0.482 e. The smallest absolute Gasteiger partial charge is 0.286 e. The number of aromatic nitrogens is 4. The summed E-state index contributed by atoms with van der Waals surface area (Å²) in [5.74, 6) is -3.99. The summed E-state index contributed by atoms with van der Waals surface area (Å²) in [5, 5.41) is 12.1. The normalized spacial score (nSPS) is 12.9. The van der Waals surface area contributed by atoms with Crippen molar-refractivity contribution < 1.29 is 27.9 Å². The SMILES string of the molecule is CC(F)(F)c1cccc(CNC(=O)c2cc(C(=O)NCc3ccc4c(c3)NC(=O)CO4)nc3ccnn23)n1. The van der Waals surface area contributed by atoms with Gasteiger partial charge in [0.2, 0.25) is 0 Å². The molecular formula is C25H21F2N7O4. The van der Waals surface area contributed by atoms with Crippen molar-refractivity contribution in [2.24, 2.45) is 0 Å². The van der Waals surface area contributed by atoms with Gasteiger partial charge >= 0.3 is 0 Å². The molecule has 5 rings (SSSR count). The quantitative estimate of drug-likeness (QED) is 0.339. The minimum absolute atomic E-state index is 0.0239. The molecule has 3 aromatic heterocycles. The largest absolute Gasteiger partial charge is 0.482 e. The summed E-state index contributed by atoms with van der Waals surface area (Å²) in [6.07, 6.45) is 1.43. The van der Waals surface area contributed by atoms with Crippen molar-refractivity contribution in [3.63, 3.8) is 0 Å². The lowest BCUT2D eigenvalue weighted by Gasteiger charge is -2.18. The van der Waals surface area contributed by atoms with Crippen molar-refractivity contribution in [2.75, 3.05) is 11.9 Å². The van der Waals surface area contributed by atoms with Gasteiger partial charge in [0, 0.05) is 25.6 Å². The number of rotatable bonds is 7. The van der Waals surface area contributed by atoms with Gasteiger partial charge in [-0.2, -0.15) is 13.9 Å². The summed E-state index contributed by atoms with van der Waals surface area (Å²) in [4.78, 5) is 45.6. The molecule has 4 aromatic rings. The third-order valence-corrected chi connectivity index (χ3v) is 5.64. The Morgan fingerprint density at radius 1 is 1.08 bits per heavy atom. The predicted molar refractivity (Wildman–Crippen MR) is 130 cm³/mol. The summed E-state index contributed by atoms with van der Waals surface area (Å²) in [7, 11) is 0.